The molecule has 1 aliphatic heterocycles. The Morgan fingerprint density at radius 1 is 1.11 bits per heavy atom. The molecule has 0 aromatic heterocycles. The van der Waals surface area contributed by atoms with Crippen molar-refractivity contribution >= 4 is 21.6 Å². The van der Waals surface area contributed by atoms with Crippen molar-refractivity contribution in [1.82, 2.24) is 4.90 Å². The van der Waals surface area contributed by atoms with Crippen molar-refractivity contribution < 1.29 is 30.8 Å². The van der Waals surface area contributed by atoms with Gasteiger partial charge in [-0.3, -0.25) is 9.52 Å². The lowest BCUT2D eigenvalue weighted by Crippen LogP contribution is -2.37. The molecule has 5 nitrogen and oxygen atoms in total. The van der Waals surface area contributed by atoms with Crippen molar-refractivity contribution in [2.45, 2.75) is 37.5 Å². The number of alkyl halides is 3. The summed E-state index contributed by atoms with van der Waals surface area (Å²) in [5.41, 5.74) is 1.47. The van der Waals surface area contributed by atoms with Gasteiger partial charge in [0.15, 0.2) is 0 Å². The highest BCUT2D eigenvalue weighted by molar-refractivity contribution is 7.92. The molecule has 150 valence electrons. The number of hydrogen-bond donors (Lipinski definition) is 1. The smallest absolute Gasteiger partial charge is 0.326 e. The Bertz CT molecular complexity index is 1040. The molecule has 0 unspecified atom stereocenters. The molecule has 0 radical (unpaired) electrons. The van der Waals surface area contributed by atoms with Crippen LogP contribution in [0.15, 0.2) is 41.3 Å². The van der Waals surface area contributed by atoms with E-state index in [9.17, 15) is 30.8 Å². The Morgan fingerprint density at radius 2 is 1.79 bits per heavy atom. The molecule has 28 heavy (non-hydrogen) atoms. The Labute approximate surface area is 159 Å². The van der Waals surface area contributed by atoms with Crippen molar-refractivity contribution in [2.24, 2.45) is 0 Å². The summed E-state index contributed by atoms with van der Waals surface area (Å²) in [5.74, 6) is -2.46. The summed E-state index contributed by atoms with van der Waals surface area (Å²) >= 11 is 0. The lowest BCUT2D eigenvalue weighted by molar-refractivity contribution is -0.186. The van der Waals surface area contributed by atoms with Crippen LogP contribution in [0.2, 0.25) is 0 Å². The Hall–Kier alpha value is -2.62. The number of anilines is 1. The molecule has 2 aromatic rings. The fourth-order valence-electron chi connectivity index (χ4n) is 3.02. The monoisotopic (exact) mass is 416 g/mol. The van der Waals surface area contributed by atoms with Gasteiger partial charge in [0.05, 0.1) is 10.6 Å². The summed E-state index contributed by atoms with van der Waals surface area (Å²) in [7, 11) is -4.04. The summed E-state index contributed by atoms with van der Waals surface area (Å²) in [5, 5.41) is 0. The molecule has 0 saturated heterocycles. The molecule has 0 fully saturated rings. The molecule has 0 spiro atoms. The molecule has 2 aromatic carbocycles. The van der Waals surface area contributed by atoms with E-state index in [2.05, 4.69) is 4.72 Å². The first-order chi connectivity index (χ1) is 13.0. The third kappa shape index (κ3) is 3.96. The zero-order chi connectivity index (χ0) is 20.7. The standard InChI is InChI=1S/C18H16F4N2O3S/c1-2-11-7-14(19)4-6-16(11)23-28(26,27)15-5-3-12-9-24(10-13(12)8-15)17(25)18(20,21)22/h3-8,23H,2,9-10H2,1H3. The molecule has 3 rings (SSSR count). The Kier molecular flexibility index (Phi) is 5.09. The molecular weight excluding hydrogens is 400 g/mol. The highest BCUT2D eigenvalue weighted by Crippen LogP contribution is 2.30. The predicted octanol–water partition coefficient (Wildman–Crippen LogP) is 3.59. The van der Waals surface area contributed by atoms with Gasteiger partial charge < -0.3 is 4.90 Å². The van der Waals surface area contributed by atoms with E-state index in [1.54, 1.807) is 6.92 Å². The van der Waals surface area contributed by atoms with Crippen molar-refractivity contribution in [1.29, 1.82) is 0 Å². The van der Waals surface area contributed by atoms with Gasteiger partial charge in [0.25, 0.3) is 10.0 Å². The lowest BCUT2D eigenvalue weighted by atomic mass is 10.1. The molecule has 0 aliphatic carbocycles. The molecule has 10 heteroatoms. The number of aryl methyl sites for hydroxylation is 1. The van der Waals surface area contributed by atoms with Crippen LogP contribution >= 0.6 is 0 Å². The number of nitrogens with one attached hydrogen (secondary N) is 1. The maximum Gasteiger partial charge on any atom is 0.471 e. The quantitative estimate of drug-likeness (QED) is 0.775. The number of hydrogen-bond acceptors (Lipinski definition) is 3. The summed E-state index contributed by atoms with van der Waals surface area (Å²) in [4.78, 5) is 11.9. The maximum atomic E-state index is 13.3. The SMILES string of the molecule is CCc1cc(F)ccc1NS(=O)(=O)c1ccc2c(c1)CN(C(=O)C(F)(F)F)C2. The van der Waals surface area contributed by atoms with Crippen LogP contribution in [0, 0.1) is 5.82 Å². The first-order valence-electron chi connectivity index (χ1n) is 8.30. The van der Waals surface area contributed by atoms with Gasteiger partial charge in [0, 0.05) is 13.1 Å². The minimum Gasteiger partial charge on any atom is -0.326 e. The number of carbonyl (C=O) groups excluding carboxylic acids is 1. The number of benzene rings is 2. The molecular formula is C18H16F4N2O3S. The predicted molar refractivity (Wildman–Crippen MR) is 93.3 cm³/mol. The van der Waals surface area contributed by atoms with Crippen LogP contribution < -0.4 is 4.72 Å². The zero-order valence-electron chi connectivity index (χ0n) is 14.7. The second kappa shape index (κ2) is 7.08. The van der Waals surface area contributed by atoms with Crippen LogP contribution in [-0.4, -0.2) is 25.4 Å². The van der Waals surface area contributed by atoms with Gasteiger partial charge in [-0.15, -0.1) is 0 Å². The van der Waals surface area contributed by atoms with Crippen molar-refractivity contribution in [3.63, 3.8) is 0 Å². The molecule has 0 atom stereocenters. The number of nitrogens with zero attached hydrogens (tertiary/aromatic N) is 1. The number of rotatable bonds is 4. The normalized spacial score (nSPS) is 14.1. The van der Waals surface area contributed by atoms with E-state index in [0.29, 0.717) is 28.0 Å². The van der Waals surface area contributed by atoms with Gasteiger partial charge in [-0.2, -0.15) is 13.2 Å². The third-order valence-corrected chi connectivity index (χ3v) is 5.80. The van der Waals surface area contributed by atoms with Gasteiger partial charge in [0.1, 0.15) is 5.82 Å². The van der Waals surface area contributed by atoms with Crippen molar-refractivity contribution in [3.05, 3.63) is 58.9 Å². The molecule has 1 N–H and O–H groups in total. The summed E-state index contributed by atoms with van der Waals surface area (Å²) in [6.45, 7) is 1.18. The van der Waals surface area contributed by atoms with Crippen LogP contribution in [-0.2, 0) is 34.3 Å². The van der Waals surface area contributed by atoms with Gasteiger partial charge in [-0.1, -0.05) is 13.0 Å². The van der Waals surface area contributed by atoms with Crippen LogP contribution in [0.4, 0.5) is 23.2 Å². The van der Waals surface area contributed by atoms with E-state index in [-0.39, 0.29) is 23.7 Å². The number of carbonyl (C=O) groups is 1. The molecule has 0 bridgehead atoms. The summed E-state index contributed by atoms with van der Waals surface area (Å²) in [6, 6.07) is 7.55. The van der Waals surface area contributed by atoms with E-state index in [1.165, 1.54) is 30.3 Å². The van der Waals surface area contributed by atoms with E-state index < -0.39 is 27.9 Å². The maximum absolute atomic E-state index is 13.3. The second-order valence-electron chi connectivity index (χ2n) is 6.35. The molecule has 1 aliphatic rings. The molecule has 1 amide bonds. The minimum atomic E-state index is -4.99. The van der Waals surface area contributed by atoms with E-state index in [4.69, 9.17) is 0 Å². The lowest BCUT2D eigenvalue weighted by Gasteiger charge is -2.16. The topological polar surface area (TPSA) is 66.5 Å². The van der Waals surface area contributed by atoms with Crippen LogP contribution in [0.25, 0.3) is 0 Å². The third-order valence-electron chi connectivity index (χ3n) is 4.43. The van der Waals surface area contributed by atoms with E-state index in [1.807, 2.05) is 0 Å². The average Bonchev–Trinajstić information content (AvgIpc) is 3.04. The van der Waals surface area contributed by atoms with Crippen LogP contribution in [0.3, 0.4) is 0 Å². The number of amides is 1. The Morgan fingerprint density at radius 3 is 2.43 bits per heavy atom. The average molecular weight is 416 g/mol. The highest BCUT2D eigenvalue weighted by atomic mass is 32.2. The number of fused-ring (bicyclic) bond motifs is 1. The fraction of sp³-hybridized carbons (Fsp3) is 0.278. The van der Waals surface area contributed by atoms with E-state index in [0.717, 1.165) is 6.07 Å². The minimum absolute atomic E-state index is 0.154. The van der Waals surface area contributed by atoms with Gasteiger partial charge in [0.2, 0.25) is 0 Å². The molecule has 0 saturated carbocycles. The highest BCUT2D eigenvalue weighted by Gasteiger charge is 2.44. The summed E-state index contributed by atoms with van der Waals surface area (Å²) < 4.78 is 78.9. The zero-order valence-corrected chi connectivity index (χ0v) is 15.5. The Balaban J connectivity index is 1.86. The molecule has 1 heterocycles. The number of halogens is 4. The van der Waals surface area contributed by atoms with Crippen LogP contribution in [0.1, 0.15) is 23.6 Å². The van der Waals surface area contributed by atoms with Crippen molar-refractivity contribution in [2.75, 3.05) is 4.72 Å². The van der Waals surface area contributed by atoms with Crippen molar-refractivity contribution in [3.8, 4) is 0 Å². The fourth-order valence-corrected chi connectivity index (χ4v) is 4.17. The first kappa shape index (κ1) is 20.1. The summed E-state index contributed by atoms with van der Waals surface area (Å²) in [6.07, 6.45) is -4.59. The largest absolute Gasteiger partial charge is 0.471 e. The van der Waals surface area contributed by atoms with Gasteiger partial charge in [-0.05, 0) is 53.4 Å². The van der Waals surface area contributed by atoms with Gasteiger partial charge in [-0.25, -0.2) is 12.8 Å². The van der Waals surface area contributed by atoms with E-state index >= 15 is 0 Å². The van der Waals surface area contributed by atoms with Crippen LogP contribution in [0.5, 0.6) is 0 Å². The second-order valence-corrected chi connectivity index (χ2v) is 8.03. The van der Waals surface area contributed by atoms with Gasteiger partial charge >= 0.3 is 12.1 Å². The first-order valence-corrected chi connectivity index (χ1v) is 9.78. The number of sulfonamides is 1.